The second-order valence-electron chi connectivity index (χ2n) is 8.99. The summed E-state index contributed by atoms with van der Waals surface area (Å²) in [5.74, 6) is 3.80. The van der Waals surface area contributed by atoms with Gasteiger partial charge in [-0.2, -0.15) is 5.10 Å². The van der Waals surface area contributed by atoms with E-state index in [1.165, 1.54) is 24.1 Å². The van der Waals surface area contributed by atoms with Crippen molar-refractivity contribution in [3.63, 3.8) is 0 Å². The van der Waals surface area contributed by atoms with Gasteiger partial charge in [-0.15, -0.1) is 0 Å². The molecule has 4 aromatic heterocycles. The zero-order valence-electron chi connectivity index (χ0n) is 20.0. The number of fused-ring (bicyclic) bond motifs is 4. The van der Waals surface area contributed by atoms with E-state index < -0.39 is 0 Å². The van der Waals surface area contributed by atoms with E-state index >= 15 is 0 Å². The van der Waals surface area contributed by atoms with Crippen LogP contribution in [0.5, 0.6) is 5.75 Å². The van der Waals surface area contributed by atoms with Gasteiger partial charge in [-0.3, -0.25) is 4.68 Å². The molecule has 2 N–H and O–H groups in total. The minimum Gasteiger partial charge on any atom is -0.496 e. The molecule has 0 saturated carbocycles. The fraction of sp³-hybridized carbons (Fsp3) is 0.360. The lowest BCUT2D eigenvalue weighted by Gasteiger charge is -2.13. The van der Waals surface area contributed by atoms with E-state index in [1.54, 1.807) is 7.11 Å². The first-order valence-corrected chi connectivity index (χ1v) is 11.6. The van der Waals surface area contributed by atoms with E-state index in [4.69, 9.17) is 19.3 Å². The van der Waals surface area contributed by atoms with Gasteiger partial charge in [0, 0.05) is 34.8 Å². The quantitative estimate of drug-likeness (QED) is 0.389. The van der Waals surface area contributed by atoms with Crippen LogP contribution in [0.1, 0.15) is 41.4 Å². The van der Waals surface area contributed by atoms with E-state index in [0.29, 0.717) is 5.82 Å². The minimum absolute atomic E-state index is 0.685. The van der Waals surface area contributed by atoms with Gasteiger partial charge in [0.1, 0.15) is 28.8 Å². The fourth-order valence-electron chi connectivity index (χ4n) is 5.24. The third-order valence-electron chi connectivity index (χ3n) is 6.79. The number of hydrogen-bond acceptors (Lipinski definition) is 7. The van der Waals surface area contributed by atoms with Crippen LogP contribution in [-0.2, 0) is 19.9 Å². The Morgan fingerprint density at radius 3 is 2.68 bits per heavy atom. The first-order valence-electron chi connectivity index (χ1n) is 11.6. The molecule has 0 aliphatic heterocycles. The van der Waals surface area contributed by atoms with Crippen molar-refractivity contribution >= 4 is 33.6 Å². The molecule has 34 heavy (non-hydrogen) atoms. The van der Waals surface area contributed by atoms with Gasteiger partial charge in [-0.05, 0) is 58.6 Å². The molecule has 174 valence electrons. The number of H-pyrrole nitrogens is 1. The van der Waals surface area contributed by atoms with Crippen LogP contribution in [-0.4, -0.2) is 37.0 Å². The first kappa shape index (κ1) is 20.7. The van der Waals surface area contributed by atoms with Crippen molar-refractivity contribution < 1.29 is 9.26 Å². The van der Waals surface area contributed by atoms with Crippen LogP contribution in [0.4, 0.5) is 11.6 Å². The summed E-state index contributed by atoms with van der Waals surface area (Å²) in [6.07, 6.45) is 4.48. The van der Waals surface area contributed by atoms with Crippen LogP contribution in [0.25, 0.3) is 33.1 Å². The lowest BCUT2D eigenvalue weighted by atomic mass is 9.97. The van der Waals surface area contributed by atoms with Crippen molar-refractivity contribution in [2.45, 2.75) is 46.5 Å². The van der Waals surface area contributed by atoms with E-state index in [-0.39, 0.29) is 0 Å². The van der Waals surface area contributed by atoms with Crippen LogP contribution in [0, 0.1) is 20.8 Å². The number of aryl methyl sites for hydroxylation is 4. The molecule has 0 amide bonds. The van der Waals surface area contributed by atoms with Crippen LogP contribution in [0.2, 0.25) is 0 Å². The molecular formula is C25H27N7O2. The molecule has 9 nitrogen and oxygen atoms in total. The predicted molar refractivity (Wildman–Crippen MR) is 131 cm³/mol. The summed E-state index contributed by atoms with van der Waals surface area (Å²) < 4.78 is 13.2. The topological polar surface area (TPSA) is 107 Å². The Bertz CT molecular complexity index is 1550. The van der Waals surface area contributed by atoms with E-state index in [1.807, 2.05) is 38.6 Å². The molecule has 5 aromatic rings. The average Bonchev–Trinajstić information content (AvgIpc) is 3.45. The maximum atomic E-state index is 5.80. The summed E-state index contributed by atoms with van der Waals surface area (Å²) in [5, 5.41) is 14.3. The normalized spacial score (nSPS) is 13.6. The number of aromatic amines is 1. The molecule has 4 heterocycles. The Labute approximate surface area is 196 Å². The Kier molecular flexibility index (Phi) is 4.62. The predicted octanol–water partition coefficient (Wildman–Crippen LogP) is 5.06. The van der Waals surface area contributed by atoms with Crippen molar-refractivity contribution in [2.24, 2.45) is 7.05 Å². The van der Waals surface area contributed by atoms with Gasteiger partial charge in [0.05, 0.1) is 23.8 Å². The van der Waals surface area contributed by atoms with Crippen LogP contribution in [0.3, 0.4) is 0 Å². The summed E-state index contributed by atoms with van der Waals surface area (Å²) >= 11 is 0. The number of aromatic nitrogens is 6. The van der Waals surface area contributed by atoms with Gasteiger partial charge in [-0.1, -0.05) is 5.16 Å². The standard InChI is InChI=1S/C25H27N7O2/c1-12-21(13(2)34-31-12)17-10-18-16(11-20(17)33-5)22-24(28-18)26-14(3)27-25(22)29-23-15-8-6-7-9-19(15)32(4)30-23/h10-11H,6-9H2,1-5H3,(H2,26,27,28,29,30). The highest BCUT2D eigenvalue weighted by molar-refractivity contribution is 6.13. The summed E-state index contributed by atoms with van der Waals surface area (Å²) in [6, 6.07) is 4.11. The highest BCUT2D eigenvalue weighted by atomic mass is 16.5. The monoisotopic (exact) mass is 457 g/mol. The second kappa shape index (κ2) is 7.58. The Balaban J connectivity index is 1.56. The highest BCUT2D eigenvalue weighted by Crippen LogP contribution is 2.41. The molecule has 1 aliphatic carbocycles. The summed E-state index contributed by atoms with van der Waals surface area (Å²) in [6.45, 7) is 5.75. The van der Waals surface area contributed by atoms with Crippen LogP contribution < -0.4 is 10.1 Å². The maximum Gasteiger partial charge on any atom is 0.157 e. The van der Waals surface area contributed by atoms with Crippen molar-refractivity contribution in [3.05, 3.63) is 40.7 Å². The Morgan fingerprint density at radius 2 is 1.91 bits per heavy atom. The zero-order valence-corrected chi connectivity index (χ0v) is 20.0. The summed E-state index contributed by atoms with van der Waals surface area (Å²) in [4.78, 5) is 12.9. The van der Waals surface area contributed by atoms with Gasteiger partial charge in [0.15, 0.2) is 5.82 Å². The molecule has 6 rings (SSSR count). The molecule has 0 unspecified atom stereocenters. The Morgan fingerprint density at radius 1 is 1.09 bits per heavy atom. The van der Waals surface area contributed by atoms with E-state index in [2.05, 4.69) is 26.5 Å². The van der Waals surface area contributed by atoms with Crippen molar-refractivity contribution in [2.75, 3.05) is 12.4 Å². The smallest absolute Gasteiger partial charge is 0.157 e. The van der Waals surface area contributed by atoms with Gasteiger partial charge >= 0.3 is 0 Å². The summed E-state index contributed by atoms with van der Waals surface area (Å²) in [5.41, 5.74) is 7.00. The third-order valence-corrected chi connectivity index (χ3v) is 6.79. The van der Waals surface area contributed by atoms with Gasteiger partial charge in [0.25, 0.3) is 0 Å². The van der Waals surface area contributed by atoms with E-state index in [0.717, 1.165) is 74.7 Å². The molecule has 0 saturated heterocycles. The summed E-state index contributed by atoms with van der Waals surface area (Å²) in [7, 11) is 3.70. The fourth-order valence-corrected chi connectivity index (χ4v) is 5.24. The van der Waals surface area contributed by atoms with Crippen molar-refractivity contribution in [3.8, 4) is 16.9 Å². The molecular weight excluding hydrogens is 430 g/mol. The number of nitrogens with zero attached hydrogens (tertiary/aromatic N) is 5. The highest BCUT2D eigenvalue weighted by Gasteiger charge is 2.23. The number of benzene rings is 1. The molecule has 1 aliphatic rings. The average molecular weight is 458 g/mol. The first-order chi connectivity index (χ1) is 16.4. The maximum absolute atomic E-state index is 5.80. The number of hydrogen-bond donors (Lipinski definition) is 2. The third kappa shape index (κ3) is 3.07. The number of methoxy groups -OCH3 is 1. The van der Waals surface area contributed by atoms with Gasteiger partial charge < -0.3 is 19.6 Å². The molecule has 0 fully saturated rings. The van der Waals surface area contributed by atoms with Gasteiger partial charge in [-0.25, -0.2) is 9.97 Å². The number of nitrogens with one attached hydrogen (secondary N) is 2. The molecule has 0 spiro atoms. The zero-order chi connectivity index (χ0) is 23.6. The molecule has 0 atom stereocenters. The van der Waals surface area contributed by atoms with Crippen LogP contribution in [0.15, 0.2) is 16.7 Å². The molecule has 9 heteroatoms. The van der Waals surface area contributed by atoms with Gasteiger partial charge in [0.2, 0.25) is 0 Å². The van der Waals surface area contributed by atoms with E-state index in [9.17, 15) is 0 Å². The number of anilines is 2. The largest absolute Gasteiger partial charge is 0.496 e. The van der Waals surface area contributed by atoms with Crippen molar-refractivity contribution in [1.29, 1.82) is 0 Å². The second-order valence-corrected chi connectivity index (χ2v) is 8.99. The Hall–Kier alpha value is -3.88. The minimum atomic E-state index is 0.685. The number of rotatable bonds is 4. The SMILES string of the molecule is COc1cc2c(cc1-c1c(C)noc1C)[nH]c1nc(C)nc(Nc3nn(C)c4c3CCCC4)c12. The molecule has 1 aromatic carbocycles. The number of ether oxygens (including phenoxy) is 1. The molecule has 0 bridgehead atoms. The lowest BCUT2D eigenvalue weighted by Crippen LogP contribution is -2.06. The van der Waals surface area contributed by atoms with Crippen LogP contribution >= 0.6 is 0 Å². The lowest BCUT2D eigenvalue weighted by molar-refractivity contribution is 0.393. The molecule has 0 radical (unpaired) electrons. The van der Waals surface area contributed by atoms with Crippen molar-refractivity contribution in [1.82, 2.24) is 29.9 Å².